The lowest BCUT2D eigenvalue weighted by atomic mass is 10.1. The maximum atomic E-state index is 12.3. The number of nitrogens with zero attached hydrogens (tertiary/aromatic N) is 1. The summed E-state index contributed by atoms with van der Waals surface area (Å²) in [7, 11) is 1.64. The zero-order valence-electron chi connectivity index (χ0n) is 10.5. The summed E-state index contributed by atoms with van der Waals surface area (Å²) in [4.78, 5) is 14.0. The minimum atomic E-state index is 0.0384. The first kappa shape index (κ1) is 14.2. The van der Waals surface area contributed by atoms with E-state index < -0.39 is 0 Å². The molecular formula is C13H18BrNO2. The van der Waals surface area contributed by atoms with Gasteiger partial charge in [-0.1, -0.05) is 6.07 Å². The first-order valence-electron chi connectivity index (χ1n) is 5.64. The number of hydrogen-bond acceptors (Lipinski definition) is 2. The summed E-state index contributed by atoms with van der Waals surface area (Å²) >= 11 is 3.43. The van der Waals surface area contributed by atoms with Crippen LogP contribution in [0.4, 0.5) is 0 Å². The van der Waals surface area contributed by atoms with Crippen molar-refractivity contribution in [2.45, 2.75) is 13.8 Å². The maximum absolute atomic E-state index is 12.3. The summed E-state index contributed by atoms with van der Waals surface area (Å²) in [6.45, 7) is 5.83. The van der Waals surface area contributed by atoms with Gasteiger partial charge in [0.25, 0.3) is 5.91 Å². The van der Waals surface area contributed by atoms with Crippen LogP contribution in [0.1, 0.15) is 22.8 Å². The number of rotatable bonds is 5. The fourth-order valence-corrected chi connectivity index (χ4v) is 2.23. The van der Waals surface area contributed by atoms with Crippen molar-refractivity contribution in [3.8, 4) is 0 Å². The molecule has 0 spiro atoms. The summed E-state index contributed by atoms with van der Waals surface area (Å²) in [6, 6.07) is 5.76. The van der Waals surface area contributed by atoms with E-state index in [9.17, 15) is 4.79 Å². The smallest absolute Gasteiger partial charge is 0.255 e. The highest BCUT2D eigenvalue weighted by Crippen LogP contribution is 2.20. The van der Waals surface area contributed by atoms with Crippen molar-refractivity contribution in [2.75, 3.05) is 26.8 Å². The molecule has 0 radical (unpaired) electrons. The van der Waals surface area contributed by atoms with Gasteiger partial charge >= 0.3 is 0 Å². The fraction of sp³-hybridized carbons (Fsp3) is 0.462. The van der Waals surface area contributed by atoms with Crippen LogP contribution < -0.4 is 0 Å². The molecule has 4 heteroatoms. The van der Waals surface area contributed by atoms with Gasteiger partial charge in [-0.25, -0.2) is 0 Å². The number of amides is 1. The number of carbonyl (C=O) groups is 1. The van der Waals surface area contributed by atoms with Crippen LogP contribution in [0.5, 0.6) is 0 Å². The second-order valence-corrected chi connectivity index (χ2v) is 4.72. The molecule has 0 bridgehead atoms. The second kappa shape index (κ2) is 6.77. The Morgan fingerprint density at radius 3 is 2.71 bits per heavy atom. The zero-order valence-corrected chi connectivity index (χ0v) is 12.1. The Morgan fingerprint density at radius 2 is 2.18 bits per heavy atom. The molecule has 17 heavy (non-hydrogen) atoms. The van der Waals surface area contributed by atoms with E-state index in [4.69, 9.17) is 4.74 Å². The van der Waals surface area contributed by atoms with Gasteiger partial charge in [0, 0.05) is 24.7 Å². The Bertz CT molecular complexity index is 393. The van der Waals surface area contributed by atoms with E-state index in [1.54, 1.807) is 12.0 Å². The molecule has 0 aliphatic rings. The van der Waals surface area contributed by atoms with Crippen molar-refractivity contribution in [1.82, 2.24) is 4.90 Å². The predicted molar refractivity (Wildman–Crippen MR) is 72.3 cm³/mol. The molecule has 0 aliphatic heterocycles. The Balaban J connectivity index is 2.86. The van der Waals surface area contributed by atoms with E-state index in [1.807, 2.05) is 32.0 Å². The molecule has 0 atom stereocenters. The van der Waals surface area contributed by atoms with Crippen molar-refractivity contribution >= 4 is 21.8 Å². The van der Waals surface area contributed by atoms with Crippen LogP contribution in [0.25, 0.3) is 0 Å². The molecular weight excluding hydrogens is 282 g/mol. The van der Waals surface area contributed by atoms with Gasteiger partial charge in [0.15, 0.2) is 0 Å². The number of carbonyl (C=O) groups excluding carboxylic acids is 1. The predicted octanol–water partition coefficient (Wildman–Crippen LogP) is 2.87. The third-order valence-electron chi connectivity index (χ3n) is 2.59. The minimum Gasteiger partial charge on any atom is -0.383 e. The molecule has 0 fully saturated rings. The summed E-state index contributed by atoms with van der Waals surface area (Å²) in [5.74, 6) is 0.0384. The van der Waals surface area contributed by atoms with Gasteiger partial charge in [-0.2, -0.15) is 0 Å². The van der Waals surface area contributed by atoms with Gasteiger partial charge in [-0.15, -0.1) is 0 Å². The molecule has 94 valence electrons. The van der Waals surface area contributed by atoms with E-state index in [0.29, 0.717) is 25.3 Å². The van der Waals surface area contributed by atoms with Crippen molar-refractivity contribution in [3.63, 3.8) is 0 Å². The number of aryl methyl sites for hydroxylation is 1. The summed E-state index contributed by atoms with van der Waals surface area (Å²) in [6.07, 6.45) is 0. The molecule has 1 rings (SSSR count). The normalized spacial score (nSPS) is 10.4. The van der Waals surface area contributed by atoms with Crippen LogP contribution in [-0.4, -0.2) is 37.6 Å². The Labute approximate surface area is 111 Å². The van der Waals surface area contributed by atoms with Gasteiger partial charge in [-0.05, 0) is 47.5 Å². The molecule has 0 N–H and O–H groups in total. The summed E-state index contributed by atoms with van der Waals surface area (Å²) in [5.41, 5.74) is 1.84. The molecule has 1 aromatic carbocycles. The molecule has 0 aliphatic carbocycles. The van der Waals surface area contributed by atoms with Crippen molar-refractivity contribution in [2.24, 2.45) is 0 Å². The first-order valence-corrected chi connectivity index (χ1v) is 6.43. The second-order valence-electron chi connectivity index (χ2n) is 3.86. The average Bonchev–Trinajstić information content (AvgIpc) is 2.29. The van der Waals surface area contributed by atoms with Crippen LogP contribution in [-0.2, 0) is 4.74 Å². The third kappa shape index (κ3) is 3.82. The molecule has 1 aromatic rings. The highest BCUT2D eigenvalue weighted by Gasteiger charge is 2.16. The van der Waals surface area contributed by atoms with Crippen molar-refractivity contribution in [3.05, 3.63) is 33.8 Å². The molecule has 0 saturated heterocycles. The van der Waals surface area contributed by atoms with Crippen LogP contribution in [0.3, 0.4) is 0 Å². The van der Waals surface area contributed by atoms with Gasteiger partial charge in [0.1, 0.15) is 0 Å². The monoisotopic (exact) mass is 299 g/mol. The highest BCUT2D eigenvalue weighted by molar-refractivity contribution is 9.10. The standard InChI is InChI=1S/C13H18BrNO2/c1-4-15(7-8-17-3)13(16)11-6-5-10(2)9-12(11)14/h5-6,9H,4,7-8H2,1-3H3. The highest BCUT2D eigenvalue weighted by atomic mass is 79.9. The number of methoxy groups -OCH3 is 1. The van der Waals surface area contributed by atoms with Gasteiger partial charge in [-0.3, -0.25) is 4.79 Å². The van der Waals surface area contributed by atoms with E-state index in [2.05, 4.69) is 15.9 Å². The third-order valence-corrected chi connectivity index (χ3v) is 3.25. The largest absolute Gasteiger partial charge is 0.383 e. The molecule has 1 amide bonds. The average molecular weight is 300 g/mol. The fourth-order valence-electron chi connectivity index (χ4n) is 1.57. The van der Waals surface area contributed by atoms with Crippen molar-refractivity contribution < 1.29 is 9.53 Å². The first-order chi connectivity index (χ1) is 8.10. The Kier molecular flexibility index (Phi) is 5.65. The van der Waals surface area contributed by atoms with Gasteiger partial charge in [0.2, 0.25) is 0 Å². The van der Waals surface area contributed by atoms with Crippen LogP contribution in [0.15, 0.2) is 22.7 Å². The lowest BCUT2D eigenvalue weighted by Crippen LogP contribution is -2.33. The van der Waals surface area contributed by atoms with E-state index in [1.165, 1.54) is 0 Å². The molecule has 0 aromatic heterocycles. The SMILES string of the molecule is CCN(CCOC)C(=O)c1ccc(C)cc1Br. The number of ether oxygens (including phenoxy) is 1. The van der Waals surface area contributed by atoms with Gasteiger partial charge < -0.3 is 9.64 Å². The number of hydrogen-bond donors (Lipinski definition) is 0. The van der Waals surface area contributed by atoms with Crippen molar-refractivity contribution in [1.29, 1.82) is 0 Å². The Hall–Kier alpha value is -0.870. The lowest BCUT2D eigenvalue weighted by molar-refractivity contribution is 0.0705. The quantitative estimate of drug-likeness (QED) is 0.837. The van der Waals surface area contributed by atoms with Crippen LogP contribution >= 0.6 is 15.9 Å². The zero-order chi connectivity index (χ0) is 12.8. The van der Waals surface area contributed by atoms with E-state index in [-0.39, 0.29) is 5.91 Å². The topological polar surface area (TPSA) is 29.5 Å². The number of likely N-dealkylation sites (N-methyl/N-ethyl adjacent to an activating group) is 1. The lowest BCUT2D eigenvalue weighted by Gasteiger charge is -2.21. The summed E-state index contributed by atoms with van der Waals surface area (Å²) < 4.78 is 5.85. The van der Waals surface area contributed by atoms with Gasteiger partial charge in [0.05, 0.1) is 12.2 Å². The summed E-state index contributed by atoms with van der Waals surface area (Å²) in [5, 5.41) is 0. The minimum absolute atomic E-state index is 0.0384. The molecule has 0 heterocycles. The number of benzene rings is 1. The van der Waals surface area contributed by atoms with Crippen LogP contribution in [0.2, 0.25) is 0 Å². The Morgan fingerprint density at radius 1 is 1.47 bits per heavy atom. The van der Waals surface area contributed by atoms with Crippen LogP contribution in [0, 0.1) is 6.92 Å². The molecule has 3 nitrogen and oxygen atoms in total. The maximum Gasteiger partial charge on any atom is 0.255 e. The number of halogens is 1. The molecule has 0 unspecified atom stereocenters. The van der Waals surface area contributed by atoms with E-state index in [0.717, 1.165) is 10.0 Å². The van der Waals surface area contributed by atoms with E-state index >= 15 is 0 Å². The molecule has 0 saturated carbocycles.